The van der Waals surface area contributed by atoms with E-state index in [2.05, 4.69) is 17.4 Å². The molecule has 0 radical (unpaired) electrons. The van der Waals surface area contributed by atoms with Crippen LogP contribution in [0.1, 0.15) is 38.3 Å². The van der Waals surface area contributed by atoms with Gasteiger partial charge in [-0.1, -0.05) is 0 Å². The van der Waals surface area contributed by atoms with Crippen molar-refractivity contribution in [3.63, 3.8) is 0 Å². The minimum absolute atomic E-state index is 0.229. The van der Waals surface area contributed by atoms with Crippen LogP contribution < -0.4 is 10.1 Å². The van der Waals surface area contributed by atoms with E-state index in [1.54, 1.807) is 7.11 Å². The smallest absolute Gasteiger partial charge is 0.410 e. The molecule has 0 fully saturated rings. The zero-order chi connectivity index (χ0) is 19.4. The first kappa shape index (κ1) is 19.8. The van der Waals surface area contributed by atoms with Crippen LogP contribution in [0.5, 0.6) is 5.75 Å². The molecule has 2 aliphatic rings. The molecule has 150 valence electrons. The van der Waals surface area contributed by atoms with Gasteiger partial charge in [0.1, 0.15) is 11.4 Å². The van der Waals surface area contributed by atoms with Crippen LogP contribution in [-0.2, 0) is 22.3 Å². The largest absolute Gasteiger partial charge is 0.491 e. The van der Waals surface area contributed by atoms with Gasteiger partial charge in [0.2, 0.25) is 0 Å². The summed E-state index contributed by atoms with van der Waals surface area (Å²) in [4.78, 5) is 14.2. The van der Waals surface area contributed by atoms with E-state index in [0.29, 0.717) is 25.6 Å². The maximum atomic E-state index is 12.4. The molecule has 1 amide bonds. The second-order valence-electron chi connectivity index (χ2n) is 8.42. The van der Waals surface area contributed by atoms with Gasteiger partial charge in [-0.05, 0) is 63.3 Å². The molecule has 1 atom stereocenters. The van der Waals surface area contributed by atoms with Gasteiger partial charge in [0, 0.05) is 39.3 Å². The lowest BCUT2D eigenvalue weighted by Crippen LogP contribution is -2.38. The fraction of sp³-hybridized carbons (Fsp3) is 0.667. The summed E-state index contributed by atoms with van der Waals surface area (Å²) in [6, 6.07) is 4.34. The molecule has 6 heteroatoms. The zero-order valence-electron chi connectivity index (χ0n) is 17.0. The maximum Gasteiger partial charge on any atom is 0.410 e. The Morgan fingerprint density at radius 3 is 2.63 bits per heavy atom. The Balaban J connectivity index is 1.67. The summed E-state index contributed by atoms with van der Waals surface area (Å²) in [5.41, 5.74) is 3.13. The number of methoxy groups -OCH3 is 1. The van der Waals surface area contributed by atoms with Gasteiger partial charge in [-0.25, -0.2) is 4.79 Å². The van der Waals surface area contributed by atoms with Crippen molar-refractivity contribution in [2.45, 2.75) is 45.6 Å². The number of carbonyl (C=O) groups excluding carboxylic acids is 1. The minimum Gasteiger partial charge on any atom is -0.491 e. The molecule has 1 unspecified atom stereocenters. The van der Waals surface area contributed by atoms with Crippen molar-refractivity contribution in [3.05, 3.63) is 23.3 Å². The van der Waals surface area contributed by atoms with Crippen LogP contribution in [-0.4, -0.2) is 56.6 Å². The zero-order valence-corrected chi connectivity index (χ0v) is 17.0. The molecule has 0 bridgehead atoms. The van der Waals surface area contributed by atoms with E-state index in [1.807, 2.05) is 25.7 Å². The van der Waals surface area contributed by atoms with Crippen LogP contribution in [0.25, 0.3) is 0 Å². The number of ether oxygens (including phenoxy) is 3. The van der Waals surface area contributed by atoms with Crippen molar-refractivity contribution in [1.29, 1.82) is 0 Å². The predicted molar refractivity (Wildman–Crippen MR) is 106 cm³/mol. The van der Waals surface area contributed by atoms with E-state index in [-0.39, 0.29) is 6.09 Å². The number of hydrogen-bond acceptors (Lipinski definition) is 5. The summed E-state index contributed by atoms with van der Waals surface area (Å²) in [5.74, 6) is 1.36. The molecule has 1 aromatic rings. The molecular weight excluding hydrogens is 344 g/mol. The summed E-state index contributed by atoms with van der Waals surface area (Å²) < 4.78 is 16.8. The van der Waals surface area contributed by atoms with Crippen LogP contribution in [0.3, 0.4) is 0 Å². The Hall–Kier alpha value is -1.95. The summed E-state index contributed by atoms with van der Waals surface area (Å²) in [5, 5.41) is 3.53. The van der Waals surface area contributed by atoms with Gasteiger partial charge in [-0.3, -0.25) is 0 Å². The number of benzene rings is 1. The monoisotopic (exact) mass is 376 g/mol. The third-order valence-corrected chi connectivity index (χ3v) is 5.04. The Morgan fingerprint density at radius 1 is 1.26 bits per heavy atom. The Labute approximate surface area is 162 Å². The minimum atomic E-state index is -0.468. The van der Waals surface area contributed by atoms with E-state index in [9.17, 15) is 4.79 Å². The molecule has 27 heavy (non-hydrogen) atoms. The SMILES string of the molecule is COCCC1CNc2cc3c(cc2OC1)CCN(C(=O)OC(C)(C)C)CC3. The highest BCUT2D eigenvalue weighted by Crippen LogP contribution is 2.33. The summed E-state index contributed by atoms with van der Waals surface area (Å²) >= 11 is 0. The third-order valence-electron chi connectivity index (χ3n) is 5.04. The molecular formula is C21H32N2O4. The van der Waals surface area contributed by atoms with Crippen LogP contribution in [0, 0.1) is 5.92 Å². The average Bonchev–Trinajstić information content (AvgIpc) is 2.92. The van der Waals surface area contributed by atoms with Crippen molar-refractivity contribution in [2.75, 3.05) is 45.3 Å². The van der Waals surface area contributed by atoms with E-state index in [4.69, 9.17) is 14.2 Å². The van der Waals surface area contributed by atoms with Crippen molar-refractivity contribution < 1.29 is 19.0 Å². The number of anilines is 1. The first-order chi connectivity index (χ1) is 12.9. The summed E-state index contributed by atoms with van der Waals surface area (Å²) in [6.07, 6.45) is 2.41. The molecule has 0 saturated carbocycles. The average molecular weight is 376 g/mol. The number of amides is 1. The van der Waals surface area contributed by atoms with Crippen molar-refractivity contribution in [2.24, 2.45) is 5.92 Å². The molecule has 3 rings (SSSR count). The molecule has 0 spiro atoms. The van der Waals surface area contributed by atoms with Gasteiger partial charge in [0.05, 0.1) is 12.3 Å². The standard InChI is InChI=1S/C21H32N2O4/c1-21(2,3)27-20(24)23-8-5-16-11-18-19(12-17(16)6-9-23)26-14-15(13-22-18)7-10-25-4/h11-12,15,22H,5-10,13-14H2,1-4H3. The molecule has 2 heterocycles. The molecule has 6 nitrogen and oxygen atoms in total. The second-order valence-corrected chi connectivity index (χ2v) is 8.42. The number of nitrogens with one attached hydrogen (secondary N) is 1. The van der Waals surface area contributed by atoms with Gasteiger partial charge in [-0.15, -0.1) is 0 Å². The predicted octanol–water partition coefficient (Wildman–Crippen LogP) is 3.48. The topological polar surface area (TPSA) is 60.0 Å². The Bertz CT molecular complexity index is 630. The fourth-order valence-corrected chi connectivity index (χ4v) is 3.51. The molecule has 0 aromatic heterocycles. The van der Waals surface area contributed by atoms with Gasteiger partial charge >= 0.3 is 6.09 Å². The van der Waals surface area contributed by atoms with Gasteiger partial charge in [0.25, 0.3) is 0 Å². The van der Waals surface area contributed by atoms with Crippen LogP contribution in [0.2, 0.25) is 0 Å². The number of carbonyl (C=O) groups is 1. The molecule has 0 aliphatic carbocycles. The van der Waals surface area contributed by atoms with Gasteiger partial charge < -0.3 is 24.4 Å². The van der Waals surface area contributed by atoms with Gasteiger partial charge in [0.15, 0.2) is 0 Å². The summed E-state index contributed by atoms with van der Waals surface area (Å²) in [6.45, 7) is 9.39. The lowest BCUT2D eigenvalue weighted by atomic mass is 10.0. The normalized spacial score (nSPS) is 19.7. The highest BCUT2D eigenvalue weighted by molar-refractivity contribution is 5.68. The van der Waals surface area contributed by atoms with E-state index in [0.717, 1.165) is 43.9 Å². The van der Waals surface area contributed by atoms with Crippen LogP contribution in [0.4, 0.5) is 10.5 Å². The Kier molecular flexibility index (Phi) is 6.15. The quantitative estimate of drug-likeness (QED) is 0.875. The maximum absolute atomic E-state index is 12.4. The number of nitrogens with zero attached hydrogens (tertiary/aromatic N) is 1. The molecule has 0 saturated heterocycles. The number of rotatable bonds is 3. The van der Waals surface area contributed by atoms with E-state index >= 15 is 0 Å². The highest BCUT2D eigenvalue weighted by atomic mass is 16.6. The second kappa shape index (κ2) is 8.38. The molecule has 1 aromatic carbocycles. The third kappa shape index (κ3) is 5.28. The lowest BCUT2D eigenvalue weighted by molar-refractivity contribution is 0.0258. The van der Waals surface area contributed by atoms with Gasteiger partial charge in [-0.2, -0.15) is 0 Å². The summed E-state index contributed by atoms with van der Waals surface area (Å²) in [7, 11) is 1.73. The van der Waals surface area contributed by atoms with E-state index in [1.165, 1.54) is 11.1 Å². The van der Waals surface area contributed by atoms with Crippen molar-refractivity contribution in [3.8, 4) is 5.75 Å². The molecule has 2 aliphatic heterocycles. The Morgan fingerprint density at radius 2 is 1.96 bits per heavy atom. The van der Waals surface area contributed by atoms with Crippen LogP contribution in [0.15, 0.2) is 12.1 Å². The van der Waals surface area contributed by atoms with Crippen molar-refractivity contribution >= 4 is 11.8 Å². The first-order valence-corrected chi connectivity index (χ1v) is 9.85. The number of fused-ring (bicyclic) bond motifs is 2. The van der Waals surface area contributed by atoms with E-state index < -0.39 is 5.60 Å². The molecule has 1 N–H and O–H groups in total. The lowest BCUT2D eigenvalue weighted by Gasteiger charge is -2.26. The first-order valence-electron chi connectivity index (χ1n) is 9.85. The fourth-order valence-electron chi connectivity index (χ4n) is 3.51. The highest BCUT2D eigenvalue weighted by Gasteiger charge is 2.25. The van der Waals surface area contributed by atoms with Crippen LogP contribution >= 0.6 is 0 Å². The van der Waals surface area contributed by atoms with Crippen molar-refractivity contribution in [1.82, 2.24) is 4.90 Å². The number of hydrogen-bond donors (Lipinski definition) is 1.